The van der Waals surface area contributed by atoms with E-state index in [1.807, 2.05) is 0 Å². The summed E-state index contributed by atoms with van der Waals surface area (Å²) in [4.78, 5) is 14.6. The van der Waals surface area contributed by atoms with Gasteiger partial charge in [-0.2, -0.15) is 0 Å². The van der Waals surface area contributed by atoms with Crippen molar-refractivity contribution in [2.75, 3.05) is 0 Å². The smallest absolute Gasteiger partial charge is 0.0149 e. The molecule has 0 atom stereocenters. The number of aromatic amines is 4. The average Bonchev–Trinajstić information content (AvgIpc) is 3.57. The molecule has 0 saturated carbocycles. The topological polar surface area (TPSA) is 63.2 Å². The van der Waals surface area contributed by atoms with Crippen molar-refractivity contribution in [1.29, 1.82) is 0 Å². The summed E-state index contributed by atoms with van der Waals surface area (Å²) >= 11 is 0. The van der Waals surface area contributed by atoms with Gasteiger partial charge in [0.2, 0.25) is 0 Å². The van der Waals surface area contributed by atoms with Gasteiger partial charge in [-0.15, -0.1) is 0 Å². The number of aryl methyl sites for hydroxylation is 8. The van der Waals surface area contributed by atoms with Crippen molar-refractivity contribution in [3.8, 4) is 0 Å². The van der Waals surface area contributed by atoms with Crippen LogP contribution >= 0.6 is 0 Å². The molecule has 1 aliphatic rings. The molecule has 168 valence electrons. The maximum absolute atomic E-state index is 3.64. The number of hydrogen-bond donors (Lipinski definition) is 4. The van der Waals surface area contributed by atoms with Gasteiger partial charge in [-0.1, -0.05) is 0 Å². The lowest BCUT2D eigenvalue weighted by atomic mass is 10.1. The van der Waals surface area contributed by atoms with Crippen LogP contribution in [-0.4, -0.2) is 19.9 Å². The Morgan fingerprint density at radius 1 is 0.281 bits per heavy atom. The second-order valence-corrected chi connectivity index (χ2v) is 9.45. The van der Waals surface area contributed by atoms with Crippen LogP contribution < -0.4 is 0 Å². The van der Waals surface area contributed by atoms with E-state index >= 15 is 0 Å². The Bertz CT molecular complexity index is 855. The predicted molar refractivity (Wildman–Crippen MR) is 131 cm³/mol. The van der Waals surface area contributed by atoms with Crippen molar-refractivity contribution in [1.82, 2.24) is 19.9 Å². The third kappa shape index (κ3) is 5.67. The van der Waals surface area contributed by atoms with Crippen LogP contribution in [0.2, 0.25) is 0 Å². The van der Waals surface area contributed by atoms with E-state index in [-0.39, 0.29) is 0 Å². The molecule has 5 rings (SSSR count). The van der Waals surface area contributed by atoms with Crippen molar-refractivity contribution in [3.05, 3.63) is 94.1 Å². The van der Waals surface area contributed by atoms with Gasteiger partial charge in [0.25, 0.3) is 0 Å². The van der Waals surface area contributed by atoms with E-state index in [0.717, 1.165) is 51.4 Å². The van der Waals surface area contributed by atoms with E-state index in [1.54, 1.807) is 0 Å². The maximum Gasteiger partial charge on any atom is 0.0149 e. The molecule has 1 aliphatic heterocycles. The van der Waals surface area contributed by atoms with Gasteiger partial charge < -0.3 is 19.9 Å². The summed E-state index contributed by atoms with van der Waals surface area (Å²) in [5, 5.41) is 0. The molecular formula is C28H36N4. The number of rotatable bonds is 0. The molecule has 4 N–H and O–H groups in total. The van der Waals surface area contributed by atoms with E-state index in [0.29, 0.717) is 0 Å². The minimum Gasteiger partial charge on any atom is -0.362 e. The first kappa shape index (κ1) is 21.0. The normalized spacial score (nSPS) is 16.5. The Labute approximate surface area is 191 Å². The van der Waals surface area contributed by atoms with Crippen LogP contribution in [0.15, 0.2) is 48.5 Å². The van der Waals surface area contributed by atoms with Gasteiger partial charge in [-0.05, 0) is 126 Å². The molecular weight excluding hydrogens is 392 g/mol. The molecule has 0 saturated heterocycles. The van der Waals surface area contributed by atoms with E-state index in [2.05, 4.69) is 68.5 Å². The Hall–Kier alpha value is -2.88. The molecule has 0 radical (unpaired) electrons. The van der Waals surface area contributed by atoms with Gasteiger partial charge in [0.1, 0.15) is 0 Å². The Kier molecular flexibility index (Phi) is 6.66. The summed E-state index contributed by atoms with van der Waals surface area (Å²) in [6.07, 6.45) is 13.6. The molecule has 0 unspecified atom stereocenters. The SMILES string of the molecule is c1cc2[nH]c1CCCc1ccc([nH]1)CCCc1ccc([nH]1)CCCc1ccc([nH]1)CCC2. The number of nitrogens with one attached hydrogen (secondary N) is 4. The van der Waals surface area contributed by atoms with Crippen molar-refractivity contribution < 1.29 is 0 Å². The van der Waals surface area contributed by atoms with Crippen molar-refractivity contribution in [2.45, 2.75) is 77.0 Å². The first-order chi connectivity index (χ1) is 15.8. The van der Waals surface area contributed by atoms with Crippen molar-refractivity contribution >= 4 is 0 Å². The predicted octanol–water partition coefficient (Wildman–Crippen LogP) is 6.01. The zero-order chi connectivity index (χ0) is 21.6. The molecule has 0 spiro atoms. The van der Waals surface area contributed by atoms with E-state index in [1.165, 1.54) is 71.2 Å². The third-order valence-corrected chi connectivity index (χ3v) is 6.80. The summed E-state index contributed by atoms with van der Waals surface area (Å²) < 4.78 is 0. The fraction of sp³-hybridized carbons (Fsp3) is 0.429. The van der Waals surface area contributed by atoms with Crippen LogP contribution in [0.5, 0.6) is 0 Å². The molecule has 8 bridgehead atoms. The highest BCUT2D eigenvalue weighted by Gasteiger charge is 2.06. The molecule has 0 amide bonds. The van der Waals surface area contributed by atoms with Gasteiger partial charge in [0.05, 0.1) is 0 Å². The van der Waals surface area contributed by atoms with E-state index < -0.39 is 0 Å². The highest BCUT2D eigenvalue weighted by atomic mass is 14.7. The Balaban J connectivity index is 1.23. The fourth-order valence-electron chi connectivity index (χ4n) is 5.01. The largest absolute Gasteiger partial charge is 0.362 e. The number of H-pyrrole nitrogens is 4. The van der Waals surface area contributed by atoms with Gasteiger partial charge >= 0.3 is 0 Å². The second kappa shape index (κ2) is 10.2. The molecule has 0 aromatic carbocycles. The number of aromatic nitrogens is 4. The van der Waals surface area contributed by atoms with Crippen LogP contribution in [0.4, 0.5) is 0 Å². The van der Waals surface area contributed by atoms with Crippen molar-refractivity contribution in [2.24, 2.45) is 0 Å². The quantitative estimate of drug-likeness (QED) is 0.265. The first-order valence-electron chi connectivity index (χ1n) is 12.5. The number of fused-ring (bicyclic) bond motifs is 8. The molecule has 4 aromatic rings. The summed E-state index contributed by atoms with van der Waals surface area (Å²) in [7, 11) is 0. The molecule has 5 heterocycles. The molecule has 32 heavy (non-hydrogen) atoms. The maximum atomic E-state index is 3.64. The van der Waals surface area contributed by atoms with Crippen LogP contribution in [0.25, 0.3) is 0 Å². The van der Waals surface area contributed by atoms with Crippen LogP contribution in [0, 0.1) is 0 Å². The Morgan fingerprint density at radius 2 is 0.438 bits per heavy atom. The van der Waals surface area contributed by atoms with E-state index in [4.69, 9.17) is 0 Å². The summed E-state index contributed by atoms with van der Waals surface area (Å²) in [5.41, 5.74) is 11.0. The van der Waals surface area contributed by atoms with E-state index in [9.17, 15) is 0 Å². The van der Waals surface area contributed by atoms with Crippen LogP contribution in [-0.2, 0) is 51.4 Å². The first-order valence-corrected chi connectivity index (χ1v) is 12.5. The molecule has 0 fully saturated rings. The summed E-state index contributed by atoms with van der Waals surface area (Å²) in [6, 6.07) is 18.2. The monoisotopic (exact) mass is 428 g/mol. The van der Waals surface area contributed by atoms with Gasteiger partial charge in [0, 0.05) is 45.6 Å². The van der Waals surface area contributed by atoms with Crippen LogP contribution in [0.3, 0.4) is 0 Å². The standard InChI is InChI=1S/C28H36N4/c1-5-21-13-15-23(29-21)7-2-9-25-17-19-27(31-25)11-4-12-28-20-18-26(32-28)10-3-8-24-16-14-22(6-1)30-24/h13-20,29-32H,1-12H2. The highest BCUT2D eigenvalue weighted by molar-refractivity contribution is 5.18. The number of hydrogen-bond acceptors (Lipinski definition) is 0. The summed E-state index contributed by atoms with van der Waals surface area (Å²) in [6.45, 7) is 0. The lowest BCUT2D eigenvalue weighted by Crippen LogP contribution is -1.96. The third-order valence-electron chi connectivity index (χ3n) is 6.80. The Morgan fingerprint density at radius 3 is 0.594 bits per heavy atom. The highest BCUT2D eigenvalue weighted by Crippen LogP contribution is 2.15. The second-order valence-electron chi connectivity index (χ2n) is 9.45. The lowest BCUT2D eigenvalue weighted by Gasteiger charge is -2.02. The van der Waals surface area contributed by atoms with Crippen LogP contribution in [0.1, 0.15) is 71.2 Å². The lowest BCUT2D eigenvalue weighted by molar-refractivity contribution is 0.747. The minimum atomic E-state index is 1.11. The molecule has 4 nitrogen and oxygen atoms in total. The molecule has 0 aliphatic carbocycles. The van der Waals surface area contributed by atoms with Crippen molar-refractivity contribution in [3.63, 3.8) is 0 Å². The van der Waals surface area contributed by atoms with Gasteiger partial charge in [0.15, 0.2) is 0 Å². The average molecular weight is 429 g/mol. The minimum absolute atomic E-state index is 1.11. The molecule has 4 aromatic heterocycles. The zero-order valence-corrected chi connectivity index (χ0v) is 19.1. The van der Waals surface area contributed by atoms with Gasteiger partial charge in [-0.3, -0.25) is 0 Å². The fourth-order valence-corrected chi connectivity index (χ4v) is 5.01. The van der Waals surface area contributed by atoms with Gasteiger partial charge in [-0.25, -0.2) is 0 Å². The summed E-state index contributed by atoms with van der Waals surface area (Å²) in [5.74, 6) is 0. The molecule has 4 heteroatoms. The zero-order valence-electron chi connectivity index (χ0n) is 19.1.